The molecule has 0 aromatic heterocycles. The summed E-state index contributed by atoms with van der Waals surface area (Å²) >= 11 is 0. The molecule has 0 aliphatic rings. The zero-order chi connectivity index (χ0) is 12.8. The van der Waals surface area contributed by atoms with E-state index in [-0.39, 0.29) is 0 Å². The Bertz CT molecular complexity index is 497. The maximum Gasteiger partial charge on any atom is -0.0149 e. The van der Waals surface area contributed by atoms with E-state index in [2.05, 4.69) is 62.4 Å². The molecule has 0 fully saturated rings. The van der Waals surface area contributed by atoms with Crippen molar-refractivity contribution in [3.63, 3.8) is 0 Å². The molecule has 0 bridgehead atoms. The van der Waals surface area contributed by atoms with Gasteiger partial charge in [-0.3, -0.25) is 0 Å². The van der Waals surface area contributed by atoms with Gasteiger partial charge in [0.15, 0.2) is 0 Å². The second-order valence-electron chi connectivity index (χ2n) is 4.77. The Morgan fingerprint density at radius 3 is 1.89 bits per heavy atom. The molecule has 0 radical (unpaired) electrons. The average Bonchev–Trinajstić information content (AvgIpc) is 2.45. The molecular weight excluding hydrogens is 216 g/mol. The summed E-state index contributed by atoms with van der Waals surface area (Å²) in [7, 11) is 0. The molecule has 18 heavy (non-hydrogen) atoms. The van der Waals surface area contributed by atoms with Gasteiger partial charge in [0.05, 0.1) is 0 Å². The number of benzene rings is 2. The molecule has 2 aromatic carbocycles. The molecule has 2 rings (SSSR count). The van der Waals surface area contributed by atoms with Crippen LogP contribution in [0.25, 0.3) is 11.1 Å². The standard InChI is InChI=1S/C18H22/c1-3-5-10-16-12-7-9-14-18(16)17-13-8-6-11-15(17)4-2/h6-9,11-14H,3-5,10H2,1-2H3. The average molecular weight is 238 g/mol. The first kappa shape index (κ1) is 12.9. The first-order valence-electron chi connectivity index (χ1n) is 7.03. The van der Waals surface area contributed by atoms with Crippen molar-refractivity contribution in [1.29, 1.82) is 0 Å². The molecule has 0 amide bonds. The highest BCUT2D eigenvalue weighted by atomic mass is 14.1. The van der Waals surface area contributed by atoms with E-state index in [0.717, 1.165) is 6.42 Å². The number of hydrogen-bond acceptors (Lipinski definition) is 0. The lowest BCUT2D eigenvalue weighted by atomic mass is 9.92. The van der Waals surface area contributed by atoms with Crippen molar-refractivity contribution in [3.8, 4) is 11.1 Å². The molecule has 94 valence electrons. The summed E-state index contributed by atoms with van der Waals surface area (Å²) in [5, 5.41) is 0. The van der Waals surface area contributed by atoms with E-state index in [4.69, 9.17) is 0 Å². The normalized spacial score (nSPS) is 10.6. The lowest BCUT2D eigenvalue weighted by Crippen LogP contribution is -1.93. The van der Waals surface area contributed by atoms with Crippen LogP contribution < -0.4 is 0 Å². The summed E-state index contributed by atoms with van der Waals surface area (Å²) in [6.07, 6.45) is 4.80. The Morgan fingerprint density at radius 2 is 1.28 bits per heavy atom. The summed E-state index contributed by atoms with van der Waals surface area (Å²) in [5.74, 6) is 0. The number of rotatable bonds is 5. The zero-order valence-corrected chi connectivity index (χ0v) is 11.4. The van der Waals surface area contributed by atoms with Crippen molar-refractivity contribution in [2.24, 2.45) is 0 Å². The van der Waals surface area contributed by atoms with Crippen molar-refractivity contribution in [3.05, 3.63) is 59.7 Å². The molecule has 0 unspecified atom stereocenters. The SMILES string of the molecule is CCCCc1ccccc1-c1ccccc1CC. The maximum atomic E-state index is 2.28. The van der Waals surface area contributed by atoms with Gasteiger partial charge < -0.3 is 0 Å². The van der Waals surface area contributed by atoms with Crippen LogP contribution in [-0.4, -0.2) is 0 Å². The first-order chi connectivity index (χ1) is 8.86. The first-order valence-corrected chi connectivity index (χ1v) is 7.03. The summed E-state index contributed by atoms with van der Waals surface area (Å²) in [4.78, 5) is 0. The van der Waals surface area contributed by atoms with Crippen LogP contribution in [0, 0.1) is 0 Å². The van der Waals surface area contributed by atoms with Crippen LogP contribution in [0.15, 0.2) is 48.5 Å². The predicted octanol–water partition coefficient (Wildman–Crippen LogP) is 5.26. The van der Waals surface area contributed by atoms with Gasteiger partial charge in [-0.25, -0.2) is 0 Å². The smallest absolute Gasteiger partial charge is 0.0149 e. The van der Waals surface area contributed by atoms with Crippen LogP contribution in [0.4, 0.5) is 0 Å². The molecule has 2 aromatic rings. The van der Waals surface area contributed by atoms with E-state index in [9.17, 15) is 0 Å². The van der Waals surface area contributed by atoms with Gasteiger partial charge in [-0.15, -0.1) is 0 Å². The molecule has 0 heterocycles. The van der Waals surface area contributed by atoms with Crippen molar-refractivity contribution >= 4 is 0 Å². The van der Waals surface area contributed by atoms with Gasteiger partial charge in [-0.2, -0.15) is 0 Å². The minimum atomic E-state index is 1.10. The highest BCUT2D eigenvalue weighted by Crippen LogP contribution is 2.28. The molecular formula is C18H22. The van der Waals surface area contributed by atoms with Gasteiger partial charge in [0.2, 0.25) is 0 Å². The van der Waals surface area contributed by atoms with Crippen molar-refractivity contribution in [2.45, 2.75) is 39.5 Å². The molecule has 0 saturated heterocycles. The maximum absolute atomic E-state index is 2.28. The van der Waals surface area contributed by atoms with Gasteiger partial charge in [-0.1, -0.05) is 68.8 Å². The van der Waals surface area contributed by atoms with E-state index in [1.165, 1.54) is 41.5 Å². The molecule has 0 saturated carbocycles. The Kier molecular flexibility index (Phi) is 4.58. The van der Waals surface area contributed by atoms with E-state index < -0.39 is 0 Å². The Morgan fingerprint density at radius 1 is 0.722 bits per heavy atom. The molecule has 0 spiro atoms. The predicted molar refractivity (Wildman–Crippen MR) is 79.9 cm³/mol. The largest absolute Gasteiger partial charge is 0.0654 e. The minimum absolute atomic E-state index is 1.10. The Labute approximate surface area is 111 Å². The Balaban J connectivity index is 2.43. The van der Waals surface area contributed by atoms with Gasteiger partial charge in [0, 0.05) is 0 Å². The van der Waals surface area contributed by atoms with Crippen LogP contribution in [0.3, 0.4) is 0 Å². The summed E-state index contributed by atoms with van der Waals surface area (Å²) < 4.78 is 0. The van der Waals surface area contributed by atoms with Crippen molar-refractivity contribution in [1.82, 2.24) is 0 Å². The van der Waals surface area contributed by atoms with E-state index in [1.807, 2.05) is 0 Å². The van der Waals surface area contributed by atoms with Crippen molar-refractivity contribution < 1.29 is 0 Å². The molecule has 0 nitrogen and oxygen atoms in total. The fourth-order valence-corrected chi connectivity index (χ4v) is 2.46. The highest BCUT2D eigenvalue weighted by Gasteiger charge is 2.07. The monoisotopic (exact) mass is 238 g/mol. The van der Waals surface area contributed by atoms with Crippen LogP contribution in [0.2, 0.25) is 0 Å². The van der Waals surface area contributed by atoms with E-state index in [1.54, 1.807) is 0 Å². The molecule has 0 aliphatic heterocycles. The van der Waals surface area contributed by atoms with Gasteiger partial charge in [0.1, 0.15) is 0 Å². The lowest BCUT2D eigenvalue weighted by Gasteiger charge is -2.12. The number of aryl methyl sites for hydroxylation is 2. The molecule has 0 aliphatic carbocycles. The zero-order valence-electron chi connectivity index (χ0n) is 11.4. The number of hydrogen-bond donors (Lipinski definition) is 0. The van der Waals surface area contributed by atoms with Crippen LogP contribution in [-0.2, 0) is 12.8 Å². The van der Waals surface area contributed by atoms with Crippen LogP contribution in [0.1, 0.15) is 37.8 Å². The molecule has 0 atom stereocenters. The third kappa shape index (κ3) is 2.81. The third-order valence-electron chi connectivity index (χ3n) is 3.51. The fraction of sp³-hybridized carbons (Fsp3) is 0.333. The van der Waals surface area contributed by atoms with Crippen LogP contribution >= 0.6 is 0 Å². The second-order valence-corrected chi connectivity index (χ2v) is 4.77. The molecule has 0 N–H and O–H groups in total. The summed E-state index contributed by atoms with van der Waals surface area (Å²) in [6.45, 7) is 4.48. The molecule has 0 heteroatoms. The van der Waals surface area contributed by atoms with Gasteiger partial charge in [-0.05, 0) is 41.5 Å². The fourth-order valence-electron chi connectivity index (χ4n) is 2.46. The summed E-state index contributed by atoms with van der Waals surface area (Å²) in [6, 6.07) is 17.6. The lowest BCUT2D eigenvalue weighted by molar-refractivity contribution is 0.796. The second kappa shape index (κ2) is 6.39. The van der Waals surface area contributed by atoms with Gasteiger partial charge >= 0.3 is 0 Å². The number of unbranched alkanes of at least 4 members (excludes halogenated alkanes) is 1. The summed E-state index contributed by atoms with van der Waals surface area (Å²) in [5.41, 5.74) is 5.76. The van der Waals surface area contributed by atoms with E-state index >= 15 is 0 Å². The topological polar surface area (TPSA) is 0 Å². The quantitative estimate of drug-likeness (QED) is 0.666. The van der Waals surface area contributed by atoms with Gasteiger partial charge in [0.25, 0.3) is 0 Å². The highest BCUT2D eigenvalue weighted by molar-refractivity contribution is 5.70. The van der Waals surface area contributed by atoms with Crippen molar-refractivity contribution in [2.75, 3.05) is 0 Å². The third-order valence-corrected chi connectivity index (χ3v) is 3.51. The Hall–Kier alpha value is -1.56. The van der Waals surface area contributed by atoms with Crippen LogP contribution in [0.5, 0.6) is 0 Å². The van der Waals surface area contributed by atoms with E-state index in [0.29, 0.717) is 0 Å². The minimum Gasteiger partial charge on any atom is -0.0654 e.